The van der Waals surface area contributed by atoms with E-state index < -0.39 is 12.1 Å². The van der Waals surface area contributed by atoms with Gasteiger partial charge in [-0.25, -0.2) is 0 Å². The van der Waals surface area contributed by atoms with E-state index in [0.717, 1.165) is 0 Å². The average Bonchev–Trinajstić information content (AvgIpc) is 2.27. The second-order valence-electron chi connectivity index (χ2n) is 5.76. The summed E-state index contributed by atoms with van der Waals surface area (Å²) in [7, 11) is 1.60. The molecule has 1 aliphatic heterocycles. The molecule has 0 bridgehead atoms. The van der Waals surface area contributed by atoms with Gasteiger partial charge in [-0.3, -0.25) is 9.59 Å². The molecule has 5 heteroatoms. The summed E-state index contributed by atoms with van der Waals surface area (Å²) in [5.74, 6) is -0.0703. The number of hydrogen-bond acceptors (Lipinski definition) is 3. The van der Waals surface area contributed by atoms with E-state index in [1.54, 1.807) is 12.0 Å². The molecule has 1 heterocycles. The number of amides is 2. The molecule has 0 aromatic carbocycles. The second-order valence-corrected chi connectivity index (χ2v) is 5.76. The number of carbonyl (C=O) groups is 2. The first kappa shape index (κ1) is 15.0. The summed E-state index contributed by atoms with van der Waals surface area (Å²) in [5, 5.41) is 2.81. The summed E-state index contributed by atoms with van der Waals surface area (Å²) < 4.78 is 5.03. The van der Waals surface area contributed by atoms with Gasteiger partial charge in [0.1, 0.15) is 12.1 Å². The van der Waals surface area contributed by atoms with Crippen LogP contribution in [0.15, 0.2) is 0 Å². The van der Waals surface area contributed by atoms with Crippen molar-refractivity contribution in [2.75, 3.05) is 20.3 Å². The largest absolute Gasteiger partial charge is 0.383 e. The Labute approximate surface area is 109 Å². The van der Waals surface area contributed by atoms with Crippen LogP contribution < -0.4 is 5.32 Å². The van der Waals surface area contributed by atoms with Crippen LogP contribution in [0.2, 0.25) is 0 Å². The summed E-state index contributed by atoms with van der Waals surface area (Å²) in [5.41, 5.74) is -0.286. The van der Waals surface area contributed by atoms with Crippen LogP contribution in [0.3, 0.4) is 0 Å². The monoisotopic (exact) mass is 256 g/mol. The molecule has 5 nitrogen and oxygen atoms in total. The van der Waals surface area contributed by atoms with Crippen LogP contribution >= 0.6 is 0 Å². The van der Waals surface area contributed by atoms with E-state index in [1.165, 1.54) is 0 Å². The Balaban J connectivity index is 2.98. The normalized spacial score (nSPS) is 25.3. The highest BCUT2D eigenvalue weighted by molar-refractivity contribution is 5.97. The van der Waals surface area contributed by atoms with E-state index in [2.05, 4.69) is 5.32 Å². The van der Waals surface area contributed by atoms with Gasteiger partial charge in [-0.2, -0.15) is 0 Å². The molecule has 104 valence electrons. The van der Waals surface area contributed by atoms with E-state index in [9.17, 15) is 9.59 Å². The Morgan fingerprint density at radius 1 is 1.33 bits per heavy atom. The number of methoxy groups -OCH3 is 1. The molecular weight excluding hydrogens is 232 g/mol. The molecule has 1 fully saturated rings. The lowest BCUT2D eigenvalue weighted by molar-refractivity contribution is -0.154. The van der Waals surface area contributed by atoms with Crippen LogP contribution in [0.4, 0.5) is 0 Å². The van der Waals surface area contributed by atoms with E-state index in [4.69, 9.17) is 4.74 Å². The highest BCUT2D eigenvalue weighted by atomic mass is 16.5. The van der Waals surface area contributed by atoms with Crippen molar-refractivity contribution < 1.29 is 14.3 Å². The topological polar surface area (TPSA) is 58.6 Å². The summed E-state index contributed by atoms with van der Waals surface area (Å²) in [4.78, 5) is 26.2. The van der Waals surface area contributed by atoms with Crippen LogP contribution in [0.1, 0.15) is 34.1 Å². The highest BCUT2D eigenvalue weighted by Crippen LogP contribution is 2.28. The van der Waals surface area contributed by atoms with Crippen LogP contribution in [-0.4, -0.2) is 49.1 Å². The molecule has 0 aromatic heterocycles. The summed E-state index contributed by atoms with van der Waals surface area (Å²) in [6.45, 7) is 8.71. The third kappa shape index (κ3) is 3.02. The highest BCUT2D eigenvalue weighted by Gasteiger charge is 2.45. The zero-order chi connectivity index (χ0) is 13.9. The minimum Gasteiger partial charge on any atom is -0.383 e. The van der Waals surface area contributed by atoms with Gasteiger partial charge in [0, 0.05) is 13.7 Å². The van der Waals surface area contributed by atoms with Gasteiger partial charge >= 0.3 is 0 Å². The summed E-state index contributed by atoms with van der Waals surface area (Å²) in [6.07, 6.45) is 0.616. The third-order valence-electron chi connectivity index (χ3n) is 3.22. The first-order valence-electron chi connectivity index (χ1n) is 6.42. The van der Waals surface area contributed by atoms with Crippen molar-refractivity contribution in [3.8, 4) is 0 Å². The number of piperazine rings is 1. The van der Waals surface area contributed by atoms with Crippen molar-refractivity contribution in [1.82, 2.24) is 10.2 Å². The van der Waals surface area contributed by atoms with Gasteiger partial charge in [-0.05, 0) is 11.8 Å². The molecule has 1 N–H and O–H groups in total. The zero-order valence-corrected chi connectivity index (χ0v) is 11.9. The molecule has 0 spiro atoms. The lowest BCUT2D eigenvalue weighted by Gasteiger charge is -2.44. The number of rotatable bonds is 4. The maximum absolute atomic E-state index is 12.3. The Bertz CT molecular complexity index is 323. The van der Waals surface area contributed by atoms with Crippen LogP contribution in [0.25, 0.3) is 0 Å². The fraction of sp³-hybridized carbons (Fsp3) is 0.846. The Morgan fingerprint density at radius 2 is 1.94 bits per heavy atom. The number of hydrogen-bond donors (Lipinski definition) is 1. The maximum atomic E-state index is 12.3. The van der Waals surface area contributed by atoms with Crippen molar-refractivity contribution in [2.45, 2.75) is 46.2 Å². The first-order valence-corrected chi connectivity index (χ1v) is 6.42. The SMILES string of the molecule is CCC1NC(=O)C(C(C)(C)C)N(CCOC)C1=O. The zero-order valence-electron chi connectivity index (χ0n) is 11.9. The van der Waals surface area contributed by atoms with Crippen molar-refractivity contribution >= 4 is 11.8 Å². The number of ether oxygens (including phenoxy) is 1. The number of nitrogens with zero attached hydrogens (tertiary/aromatic N) is 1. The van der Waals surface area contributed by atoms with Crippen LogP contribution in [0, 0.1) is 5.41 Å². The summed E-state index contributed by atoms with van der Waals surface area (Å²) in [6, 6.07) is -0.823. The molecule has 1 rings (SSSR count). The molecule has 0 aromatic rings. The first-order chi connectivity index (χ1) is 8.32. The second kappa shape index (κ2) is 5.69. The van der Waals surface area contributed by atoms with Gasteiger partial charge in [0.05, 0.1) is 6.61 Å². The van der Waals surface area contributed by atoms with Crippen LogP contribution in [0.5, 0.6) is 0 Å². The van der Waals surface area contributed by atoms with Crippen LogP contribution in [-0.2, 0) is 14.3 Å². The van der Waals surface area contributed by atoms with Gasteiger partial charge in [0.25, 0.3) is 0 Å². The molecule has 2 unspecified atom stereocenters. The summed E-state index contributed by atoms with van der Waals surface area (Å²) >= 11 is 0. The fourth-order valence-corrected chi connectivity index (χ4v) is 2.35. The lowest BCUT2D eigenvalue weighted by atomic mass is 9.83. The Hall–Kier alpha value is -1.10. The molecular formula is C13H24N2O3. The standard InChI is InChI=1S/C13H24N2O3/c1-6-9-12(17)15(7-8-18-5)10(11(16)14-9)13(2,3)4/h9-10H,6-8H2,1-5H3,(H,14,16). The van der Waals surface area contributed by atoms with Crippen molar-refractivity contribution in [3.05, 3.63) is 0 Å². The lowest BCUT2D eigenvalue weighted by Crippen LogP contribution is -2.67. The van der Waals surface area contributed by atoms with Gasteiger partial charge in [-0.1, -0.05) is 27.7 Å². The van der Waals surface area contributed by atoms with Crippen molar-refractivity contribution in [1.29, 1.82) is 0 Å². The van der Waals surface area contributed by atoms with Gasteiger partial charge in [0.15, 0.2) is 0 Å². The fourth-order valence-electron chi connectivity index (χ4n) is 2.35. The van der Waals surface area contributed by atoms with E-state index >= 15 is 0 Å². The van der Waals surface area contributed by atoms with Crippen molar-refractivity contribution in [2.24, 2.45) is 5.41 Å². The van der Waals surface area contributed by atoms with E-state index in [-0.39, 0.29) is 17.2 Å². The Morgan fingerprint density at radius 3 is 2.39 bits per heavy atom. The van der Waals surface area contributed by atoms with E-state index in [0.29, 0.717) is 19.6 Å². The molecule has 1 saturated heterocycles. The van der Waals surface area contributed by atoms with Gasteiger partial charge < -0.3 is 15.0 Å². The minimum absolute atomic E-state index is 0.00549. The van der Waals surface area contributed by atoms with E-state index in [1.807, 2.05) is 27.7 Å². The Kier molecular flexibility index (Phi) is 4.73. The average molecular weight is 256 g/mol. The van der Waals surface area contributed by atoms with Gasteiger partial charge in [0.2, 0.25) is 11.8 Å². The number of carbonyl (C=O) groups excluding carboxylic acids is 2. The molecule has 0 radical (unpaired) electrons. The quantitative estimate of drug-likeness (QED) is 0.809. The smallest absolute Gasteiger partial charge is 0.245 e. The maximum Gasteiger partial charge on any atom is 0.245 e. The molecule has 0 saturated carbocycles. The predicted octanol–water partition coefficient (Wildman–Crippen LogP) is 0.784. The molecule has 2 atom stereocenters. The molecule has 0 aliphatic carbocycles. The third-order valence-corrected chi connectivity index (χ3v) is 3.22. The number of nitrogens with one attached hydrogen (secondary N) is 1. The minimum atomic E-state index is -0.428. The molecule has 1 aliphatic rings. The molecule has 2 amide bonds. The van der Waals surface area contributed by atoms with Gasteiger partial charge in [-0.15, -0.1) is 0 Å². The predicted molar refractivity (Wildman–Crippen MR) is 69.1 cm³/mol. The van der Waals surface area contributed by atoms with Crippen molar-refractivity contribution in [3.63, 3.8) is 0 Å². The molecule has 18 heavy (non-hydrogen) atoms.